The molecule has 8 rings (SSSR count). The van der Waals surface area contributed by atoms with Crippen LogP contribution in [0.3, 0.4) is 0 Å². The first kappa shape index (κ1) is 63.5. The second-order valence-electron chi connectivity index (χ2n) is 22.8. The van der Waals surface area contributed by atoms with E-state index in [1.54, 1.807) is 6.08 Å². The van der Waals surface area contributed by atoms with E-state index in [1.165, 1.54) is 26.4 Å². The molecule has 0 aromatic carbocycles. The van der Waals surface area contributed by atoms with E-state index in [4.69, 9.17) is 52.1 Å². The number of aliphatic hydroxyl groups is 14. The highest BCUT2D eigenvalue weighted by Gasteiger charge is 2.57. The number of carbonyl (C=O) groups excluding carboxylic acids is 2. The number of esters is 2. The summed E-state index contributed by atoms with van der Waals surface area (Å²) in [6.45, 7) is -2.30. The van der Waals surface area contributed by atoms with Gasteiger partial charge in [-0.2, -0.15) is 0 Å². The molecule has 0 bridgehead atoms. The van der Waals surface area contributed by atoms with Crippen molar-refractivity contribution in [3.05, 3.63) is 24.3 Å². The predicted molar refractivity (Wildman–Crippen MR) is 266 cm³/mol. The third-order valence-electron chi connectivity index (χ3n) is 17.5. The lowest BCUT2D eigenvalue weighted by atomic mass is 9.72. The van der Waals surface area contributed by atoms with Gasteiger partial charge in [0.15, 0.2) is 25.0 Å². The molecule has 8 fully saturated rings. The Morgan fingerprint density at radius 3 is 1.70 bits per heavy atom. The van der Waals surface area contributed by atoms with Crippen LogP contribution in [0, 0.1) is 23.7 Å². The van der Waals surface area contributed by atoms with Gasteiger partial charge < -0.3 is 124 Å². The van der Waals surface area contributed by atoms with Gasteiger partial charge in [-0.3, -0.25) is 0 Å². The highest BCUT2D eigenvalue weighted by Crippen LogP contribution is 2.46. The molecule has 4 saturated carbocycles. The van der Waals surface area contributed by atoms with E-state index < -0.39 is 203 Å². The van der Waals surface area contributed by atoms with Gasteiger partial charge in [-0.25, -0.2) is 9.59 Å². The van der Waals surface area contributed by atoms with Crippen LogP contribution >= 0.6 is 0 Å². The fraction of sp³-hybridized carbons (Fsp3) is 0.887. The molecule has 4 heterocycles. The van der Waals surface area contributed by atoms with Crippen LogP contribution in [0.25, 0.3) is 0 Å². The van der Waals surface area contributed by atoms with E-state index in [2.05, 4.69) is 0 Å². The lowest BCUT2D eigenvalue weighted by molar-refractivity contribution is -0.380. The Labute approximate surface area is 462 Å². The Morgan fingerprint density at radius 2 is 1.05 bits per heavy atom. The lowest BCUT2D eigenvalue weighted by Crippen LogP contribution is -2.66. The van der Waals surface area contributed by atoms with Crippen LogP contribution < -0.4 is 0 Å². The van der Waals surface area contributed by atoms with Crippen molar-refractivity contribution in [2.24, 2.45) is 23.7 Å². The van der Waals surface area contributed by atoms with Crippen LogP contribution in [0.15, 0.2) is 24.3 Å². The average molecular weight is 1150 g/mol. The lowest BCUT2D eigenvalue weighted by Gasteiger charge is -2.53. The average Bonchev–Trinajstić information content (AvgIpc) is 3.50. The van der Waals surface area contributed by atoms with Crippen LogP contribution in [0.4, 0.5) is 0 Å². The predicted octanol–water partition coefficient (Wildman–Crippen LogP) is -4.80. The van der Waals surface area contributed by atoms with Gasteiger partial charge in [-0.1, -0.05) is 12.2 Å². The van der Waals surface area contributed by atoms with Gasteiger partial charge in [0, 0.05) is 38.7 Å². The van der Waals surface area contributed by atoms with Crippen molar-refractivity contribution in [2.45, 2.75) is 236 Å². The summed E-state index contributed by atoms with van der Waals surface area (Å²) < 4.78 is 66.3. The zero-order chi connectivity index (χ0) is 57.7. The molecule has 27 nitrogen and oxygen atoms in total. The van der Waals surface area contributed by atoms with Crippen molar-refractivity contribution < 1.29 is 133 Å². The monoisotopic (exact) mass is 1150 g/mol. The van der Waals surface area contributed by atoms with E-state index >= 15 is 0 Å². The quantitative estimate of drug-likeness (QED) is 0.0452. The number of carbonyl (C=O) groups is 2. The van der Waals surface area contributed by atoms with E-state index in [0.29, 0.717) is 44.9 Å². The third kappa shape index (κ3) is 14.9. The van der Waals surface area contributed by atoms with E-state index in [0.717, 1.165) is 6.08 Å². The SMILES string of the molecule is COC1CC(C=CC(=O)OC2C(OC3C(OC4CC5C(OC6OC(CO)C(O)C(O)C6O)CC(O)CC5OC4C4CCC(O)C(O)C4)OC(COC(=O)C=CC4CCC(O)CC4)C(O)C3O)OC(CO)C(O)C2O)CC(OC)C1O. The number of fused-ring (bicyclic) bond motifs is 1. The standard InChI is InChI=1S/C53H84O27/c1-70-32-13-23(14-33(71-2)40(32)62)6-12-39(61)79-49-45(67)42(64)36(20-55)77-53(49)80-50-46(68)43(65)37(21-72-38(60)11-5-22-3-8-25(56)9-4-22)78-52(50)75-34-18-27-30(73-48(34)24-7-10-28(58)29(59)15-24)16-26(57)17-31(27)74-51-47(69)44(66)41(63)35(19-54)76-51/h5-6,11-12,22-37,40-59,62-69H,3-4,7-10,13-21H2,1-2H3. The van der Waals surface area contributed by atoms with E-state index in [-0.39, 0.29) is 43.9 Å². The molecule has 80 heavy (non-hydrogen) atoms. The summed E-state index contributed by atoms with van der Waals surface area (Å²) in [5, 5.41) is 152. The number of methoxy groups -OCH3 is 2. The first-order chi connectivity index (χ1) is 38.2. The van der Waals surface area contributed by atoms with Gasteiger partial charge in [0.05, 0.1) is 74.3 Å². The highest BCUT2D eigenvalue weighted by molar-refractivity contribution is 5.82. The first-order valence-corrected chi connectivity index (χ1v) is 28.0. The number of aliphatic hydroxyl groups excluding tert-OH is 14. The van der Waals surface area contributed by atoms with Crippen LogP contribution in [-0.4, -0.2) is 277 Å². The molecule has 8 aliphatic rings. The van der Waals surface area contributed by atoms with Crippen molar-refractivity contribution in [1.82, 2.24) is 0 Å². The minimum Gasteiger partial charge on any atom is -0.460 e. The van der Waals surface area contributed by atoms with Crippen molar-refractivity contribution in [1.29, 1.82) is 0 Å². The zero-order valence-corrected chi connectivity index (χ0v) is 44.8. The Morgan fingerprint density at radius 1 is 0.475 bits per heavy atom. The van der Waals surface area contributed by atoms with Crippen LogP contribution in [0.1, 0.15) is 77.0 Å². The number of allylic oxidation sites excluding steroid dienone is 2. The van der Waals surface area contributed by atoms with Crippen molar-refractivity contribution in [2.75, 3.05) is 34.0 Å². The van der Waals surface area contributed by atoms with E-state index in [9.17, 15) is 81.1 Å². The largest absolute Gasteiger partial charge is 0.460 e. The van der Waals surface area contributed by atoms with Gasteiger partial charge >= 0.3 is 11.9 Å². The maximum absolute atomic E-state index is 13.6. The molecule has 0 aromatic heterocycles. The summed E-state index contributed by atoms with van der Waals surface area (Å²) in [6.07, 6.45) is -27.8. The molecule has 4 saturated heterocycles. The van der Waals surface area contributed by atoms with Gasteiger partial charge in [0.2, 0.25) is 0 Å². The minimum absolute atomic E-state index is 0.00111. The fourth-order valence-corrected chi connectivity index (χ4v) is 12.8. The summed E-state index contributed by atoms with van der Waals surface area (Å²) in [5.41, 5.74) is 0. The topological polar surface area (TPSA) is 419 Å². The van der Waals surface area contributed by atoms with Gasteiger partial charge in [0.1, 0.15) is 79.9 Å². The maximum Gasteiger partial charge on any atom is 0.330 e. The molecule has 0 spiro atoms. The van der Waals surface area contributed by atoms with Gasteiger partial charge in [-0.15, -0.1) is 0 Å². The third-order valence-corrected chi connectivity index (χ3v) is 17.5. The van der Waals surface area contributed by atoms with Crippen LogP contribution in [-0.2, 0) is 61.7 Å². The minimum atomic E-state index is -2.04. The zero-order valence-electron chi connectivity index (χ0n) is 44.8. The second-order valence-corrected chi connectivity index (χ2v) is 22.8. The Balaban J connectivity index is 1.08. The molecule has 14 N–H and O–H groups in total. The Bertz CT molecular complexity index is 2000. The normalized spacial score (nSPS) is 48.6. The summed E-state index contributed by atoms with van der Waals surface area (Å²) in [5.74, 6) is -3.51. The van der Waals surface area contributed by atoms with Crippen molar-refractivity contribution in [3.8, 4) is 0 Å². The number of ether oxygens (including phenoxy) is 11. The maximum atomic E-state index is 13.6. The molecule has 26 atom stereocenters. The Kier molecular flexibility index (Phi) is 22.7. The molecule has 26 unspecified atom stereocenters. The fourth-order valence-electron chi connectivity index (χ4n) is 12.8. The number of hydrogen-bond acceptors (Lipinski definition) is 27. The van der Waals surface area contributed by atoms with Crippen molar-refractivity contribution >= 4 is 11.9 Å². The van der Waals surface area contributed by atoms with Crippen molar-refractivity contribution in [3.63, 3.8) is 0 Å². The van der Waals surface area contributed by atoms with Crippen LogP contribution in [0.5, 0.6) is 0 Å². The number of hydrogen-bond donors (Lipinski definition) is 14. The molecule has 0 aromatic rings. The molecular formula is C53H84O27. The molecule has 458 valence electrons. The van der Waals surface area contributed by atoms with E-state index in [1.807, 2.05) is 0 Å². The Hall–Kier alpha value is -2.50. The second kappa shape index (κ2) is 28.6. The molecular weight excluding hydrogens is 1070 g/mol. The summed E-state index contributed by atoms with van der Waals surface area (Å²) in [7, 11) is 2.85. The summed E-state index contributed by atoms with van der Waals surface area (Å²) in [4.78, 5) is 26.8. The number of rotatable bonds is 18. The molecule has 0 amide bonds. The highest BCUT2D eigenvalue weighted by atomic mass is 16.8. The first-order valence-electron chi connectivity index (χ1n) is 28.0. The van der Waals surface area contributed by atoms with Crippen LogP contribution in [0.2, 0.25) is 0 Å². The molecule has 4 aliphatic carbocycles. The molecule has 4 aliphatic heterocycles. The summed E-state index contributed by atoms with van der Waals surface area (Å²) >= 11 is 0. The molecule has 0 radical (unpaired) electrons. The summed E-state index contributed by atoms with van der Waals surface area (Å²) in [6, 6.07) is 0. The molecule has 27 heteroatoms. The van der Waals surface area contributed by atoms with Gasteiger partial charge in [-0.05, 0) is 88.4 Å². The smallest absolute Gasteiger partial charge is 0.330 e. The van der Waals surface area contributed by atoms with Gasteiger partial charge in [0.25, 0.3) is 0 Å².